The zero-order valence-corrected chi connectivity index (χ0v) is 7.01. The summed E-state index contributed by atoms with van der Waals surface area (Å²) in [6.45, 7) is 3.60. The van der Waals surface area contributed by atoms with Crippen LogP contribution in [0.2, 0.25) is 0 Å². The minimum absolute atomic E-state index is 0. The van der Waals surface area contributed by atoms with Crippen LogP contribution in [-0.2, 0) is 0 Å². The summed E-state index contributed by atoms with van der Waals surface area (Å²) in [6.07, 6.45) is 5.88. The van der Waals surface area contributed by atoms with Gasteiger partial charge in [0.15, 0.2) is 0 Å². The molecule has 0 bridgehead atoms. The zero-order chi connectivity index (χ0) is 7.40. The van der Waals surface area contributed by atoms with Gasteiger partial charge in [-0.3, -0.25) is 0 Å². The number of furan rings is 1. The first-order chi connectivity index (χ1) is 4.84. The third-order valence-corrected chi connectivity index (χ3v) is 1.39. The van der Waals surface area contributed by atoms with Crippen molar-refractivity contribution < 1.29 is 4.42 Å². The Labute approximate surface area is 72.5 Å². The van der Waals surface area contributed by atoms with Crippen molar-refractivity contribution in [2.24, 2.45) is 5.73 Å². The van der Waals surface area contributed by atoms with E-state index in [1.807, 2.05) is 6.07 Å². The Balaban J connectivity index is 0.000001000. The molecule has 2 nitrogen and oxygen atoms in total. The van der Waals surface area contributed by atoms with Crippen LogP contribution in [0.5, 0.6) is 0 Å². The second-order valence-corrected chi connectivity index (χ2v) is 2.19. The molecule has 1 atom stereocenters. The van der Waals surface area contributed by atoms with E-state index in [-0.39, 0.29) is 18.4 Å². The van der Waals surface area contributed by atoms with Gasteiger partial charge < -0.3 is 10.2 Å². The van der Waals surface area contributed by atoms with Crippen LogP contribution < -0.4 is 5.73 Å². The monoisotopic (exact) mass is 173 g/mol. The van der Waals surface area contributed by atoms with Crippen LogP contribution >= 0.6 is 12.4 Å². The standard InChI is InChI=1S/C8H11NO.ClH/c1-2-3-8(9)7-4-5-10-6-7;/h2,4-6,8H,1,3,9H2;1H/t8-;/m0./s1. The van der Waals surface area contributed by atoms with Crippen molar-refractivity contribution in [3.05, 3.63) is 36.8 Å². The Bertz CT molecular complexity index is 196. The highest BCUT2D eigenvalue weighted by molar-refractivity contribution is 5.85. The predicted octanol–water partition coefficient (Wildman–Crippen LogP) is 2.28. The summed E-state index contributed by atoms with van der Waals surface area (Å²) < 4.78 is 4.87. The van der Waals surface area contributed by atoms with Crippen molar-refractivity contribution in [3.63, 3.8) is 0 Å². The molecule has 1 rings (SSSR count). The number of nitrogens with two attached hydrogens (primary N) is 1. The highest BCUT2D eigenvalue weighted by Gasteiger charge is 2.02. The summed E-state index contributed by atoms with van der Waals surface area (Å²) in [4.78, 5) is 0. The molecule has 0 spiro atoms. The first kappa shape index (κ1) is 10.3. The van der Waals surface area contributed by atoms with Crippen LogP contribution in [0.4, 0.5) is 0 Å². The molecule has 0 aliphatic heterocycles. The molecule has 11 heavy (non-hydrogen) atoms. The first-order valence-electron chi connectivity index (χ1n) is 3.23. The van der Waals surface area contributed by atoms with E-state index >= 15 is 0 Å². The fraction of sp³-hybridized carbons (Fsp3) is 0.250. The van der Waals surface area contributed by atoms with Gasteiger partial charge >= 0.3 is 0 Å². The quantitative estimate of drug-likeness (QED) is 0.713. The maximum atomic E-state index is 5.72. The summed E-state index contributed by atoms with van der Waals surface area (Å²) in [5, 5.41) is 0. The van der Waals surface area contributed by atoms with Gasteiger partial charge in [0.05, 0.1) is 12.5 Å². The molecule has 0 unspecified atom stereocenters. The van der Waals surface area contributed by atoms with Crippen LogP contribution in [0, 0.1) is 0 Å². The van der Waals surface area contributed by atoms with Crippen LogP contribution in [0.1, 0.15) is 18.0 Å². The summed E-state index contributed by atoms with van der Waals surface area (Å²) in [5.74, 6) is 0. The molecular formula is C8H12ClNO. The molecule has 0 fully saturated rings. The van der Waals surface area contributed by atoms with E-state index in [1.165, 1.54) is 0 Å². The third-order valence-electron chi connectivity index (χ3n) is 1.39. The Hall–Kier alpha value is -0.730. The van der Waals surface area contributed by atoms with Crippen LogP contribution in [0.3, 0.4) is 0 Å². The lowest BCUT2D eigenvalue weighted by Gasteiger charge is -2.03. The summed E-state index contributed by atoms with van der Waals surface area (Å²) in [6, 6.07) is 1.91. The molecule has 1 aromatic rings. The number of halogens is 1. The fourth-order valence-electron chi connectivity index (χ4n) is 0.802. The van der Waals surface area contributed by atoms with E-state index in [0.29, 0.717) is 0 Å². The molecule has 0 radical (unpaired) electrons. The normalized spacial score (nSPS) is 11.7. The van der Waals surface area contributed by atoms with Crippen molar-refractivity contribution in [1.82, 2.24) is 0 Å². The second kappa shape index (κ2) is 4.99. The van der Waals surface area contributed by atoms with Crippen LogP contribution in [0.25, 0.3) is 0 Å². The molecule has 1 heterocycles. The average molecular weight is 174 g/mol. The lowest BCUT2D eigenvalue weighted by atomic mass is 10.1. The lowest BCUT2D eigenvalue weighted by molar-refractivity contribution is 0.559. The molecule has 1 aromatic heterocycles. The summed E-state index contributed by atoms with van der Waals surface area (Å²) >= 11 is 0. The SMILES string of the molecule is C=CC[C@H](N)c1ccoc1.Cl. The topological polar surface area (TPSA) is 39.2 Å². The molecular weight excluding hydrogens is 162 g/mol. The lowest BCUT2D eigenvalue weighted by Crippen LogP contribution is -2.07. The Kier molecular flexibility index (Phi) is 4.66. The van der Waals surface area contributed by atoms with Crippen molar-refractivity contribution in [3.8, 4) is 0 Å². The molecule has 2 N–H and O–H groups in total. The van der Waals surface area contributed by atoms with E-state index in [2.05, 4.69) is 6.58 Å². The zero-order valence-electron chi connectivity index (χ0n) is 6.19. The molecule has 0 saturated carbocycles. The number of hydrogen-bond donors (Lipinski definition) is 1. The Morgan fingerprint density at radius 3 is 2.91 bits per heavy atom. The maximum Gasteiger partial charge on any atom is 0.0950 e. The fourth-order valence-corrected chi connectivity index (χ4v) is 0.802. The van der Waals surface area contributed by atoms with Gasteiger partial charge in [-0.15, -0.1) is 19.0 Å². The van der Waals surface area contributed by atoms with Crippen LogP contribution in [-0.4, -0.2) is 0 Å². The van der Waals surface area contributed by atoms with Gasteiger partial charge in [-0.2, -0.15) is 0 Å². The van der Waals surface area contributed by atoms with Gasteiger partial charge in [-0.25, -0.2) is 0 Å². The minimum Gasteiger partial charge on any atom is -0.472 e. The number of hydrogen-bond acceptors (Lipinski definition) is 2. The van der Waals surface area contributed by atoms with Crippen LogP contribution in [0.15, 0.2) is 35.7 Å². The maximum absolute atomic E-state index is 5.72. The van der Waals surface area contributed by atoms with Crippen molar-refractivity contribution in [2.45, 2.75) is 12.5 Å². The average Bonchev–Trinajstić information content (AvgIpc) is 2.38. The Morgan fingerprint density at radius 1 is 1.73 bits per heavy atom. The van der Waals surface area contributed by atoms with Crippen molar-refractivity contribution >= 4 is 12.4 Å². The van der Waals surface area contributed by atoms with Crippen molar-refractivity contribution in [2.75, 3.05) is 0 Å². The van der Waals surface area contributed by atoms with Gasteiger partial charge in [-0.05, 0) is 12.5 Å². The van der Waals surface area contributed by atoms with Gasteiger partial charge in [0.25, 0.3) is 0 Å². The van der Waals surface area contributed by atoms with Crippen molar-refractivity contribution in [1.29, 1.82) is 0 Å². The van der Waals surface area contributed by atoms with E-state index in [0.717, 1.165) is 12.0 Å². The molecule has 3 heteroatoms. The summed E-state index contributed by atoms with van der Waals surface area (Å²) in [5.41, 5.74) is 6.75. The van der Waals surface area contributed by atoms with Gasteiger partial charge in [0.2, 0.25) is 0 Å². The molecule has 62 valence electrons. The number of rotatable bonds is 3. The molecule has 0 saturated heterocycles. The Morgan fingerprint density at radius 2 is 2.45 bits per heavy atom. The minimum atomic E-state index is 0. The van der Waals surface area contributed by atoms with E-state index in [4.69, 9.17) is 10.2 Å². The van der Waals surface area contributed by atoms with E-state index < -0.39 is 0 Å². The highest BCUT2D eigenvalue weighted by Crippen LogP contribution is 2.13. The third kappa shape index (κ3) is 2.78. The second-order valence-electron chi connectivity index (χ2n) is 2.19. The van der Waals surface area contributed by atoms with Gasteiger partial charge in [0, 0.05) is 11.6 Å². The predicted molar refractivity (Wildman–Crippen MR) is 47.7 cm³/mol. The van der Waals surface area contributed by atoms with Gasteiger partial charge in [0.1, 0.15) is 0 Å². The molecule has 0 aliphatic rings. The van der Waals surface area contributed by atoms with E-state index in [9.17, 15) is 0 Å². The smallest absolute Gasteiger partial charge is 0.0950 e. The van der Waals surface area contributed by atoms with Gasteiger partial charge in [-0.1, -0.05) is 6.08 Å². The van der Waals surface area contributed by atoms with E-state index in [1.54, 1.807) is 18.6 Å². The first-order valence-corrected chi connectivity index (χ1v) is 3.23. The molecule has 0 aromatic carbocycles. The summed E-state index contributed by atoms with van der Waals surface area (Å²) in [7, 11) is 0. The highest BCUT2D eigenvalue weighted by atomic mass is 35.5. The molecule has 0 aliphatic carbocycles. The molecule has 0 amide bonds. The largest absolute Gasteiger partial charge is 0.472 e.